The first-order valence-corrected chi connectivity index (χ1v) is 12.0. The van der Waals surface area contributed by atoms with Gasteiger partial charge in [-0.3, -0.25) is 24.6 Å². The second-order valence-electron chi connectivity index (χ2n) is 8.56. The van der Waals surface area contributed by atoms with Crippen LogP contribution in [0.1, 0.15) is 48.0 Å². The average molecular weight is 498 g/mol. The van der Waals surface area contributed by atoms with Crippen molar-refractivity contribution in [3.63, 3.8) is 0 Å². The lowest BCUT2D eigenvalue weighted by atomic mass is 10.0. The number of benzene rings is 2. The lowest BCUT2D eigenvalue weighted by molar-refractivity contribution is 0.0631. The number of amides is 3. The molecule has 9 nitrogen and oxygen atoms in total. The lowest BCUT2D eigenvalue weighted by Gasteiger charge is -2.11. The summed E-state index contributed by atoms with van der Waals surface area (Å²) in [6.45, 7) is 4.11. The lowest BCUT2D eigenvalue weighted by Crippen LogP contribution is -2.28. The predicted octanol–water partition coefficient (Wildman–Crippen LogP) is 4.72. The zero-order chi connectivity index (χ0) is 25.0. The van der Waals surface area contributed by atoms with E-state index in [4.69, 9.17) is 4.42 Å². The number of carbonyl (C=O) groups is 3. The van der Waals surface area contributed by atoms with E-state index >= 15 is 0 Å². The van der Waals surface area contributed by atoms with Crippen molar-refractivity contribution in [1.82, 2.24) is 19.5 Å². The molecule has 0 fully saturated rings. The average Bonchev–Trinajstić information content (AvgIpc) is 3.63. The standard InChI is InChI=1S/C26H19N5O4S/c1-14-5-7-18(15(2)10-14)21-13-36-26-28-25(29-31(21)26)27-22(32)16-6-8-19-20(11-16)24(34)30(23(19)33)12-17-4-3-9-35-17/h3-11,13H,12H2,1-2H3,(H,27,29,32). The van der Waals surface area contributed by atoms with Gasteiger partial charge in [0.05, 0.1) is 29.6 Å². The number of furan rings is 1. The Morgan fingerprint density at radius 3 is 2.61 bits per heavy atom. The summed E-state index contributed by atoms with van der Waals surface area (Å²) in [6, 6.07) is 14.0. The van der Waals surface area contributed by atoms with Gasteiger partial charge in [-0.2, -0.15) is 4.98 Å². The highest BCUT2D eigenvalue weighted by atomic mass is 32.1. The summed E-state index contributed by atoms with van der Waals surface area (Å²) < 4.78 is 6.96. The van der Waals surface area contributed by atoms with Crippen molar-refractivity contribution in [3.8, 4) is 11.3 Å². The molecule has 178 valence electrons. The van der Waals surface area contributed by atoms with Crippen LogP contribution in [0, 0.1) is 13.8 Å². The molecule has 0 spiro atoms. The number of nitrogens with zero attached hydrogens (tertiary/aromatic N) is 4. The Kier molecular flexibility index (Phi) is 5.04. The van der Waals surface area contributed by atoms with Crippen LogP contribution in [0.15, 0.2) is 64.6 Å². The summed E-state index contributed by atoms with van der Waals surface area (Å²) in [5.41, 5.74) is 4.87. The van der Waals surface area contributed by atoms with E-state index in [1.165, 1.54) is 41.4 Å². The first kappa shape index (κ1) is 21.9. The molecule has 36 heavy (non-hydrogen) atoms. The van der Waals surface area contributed by atoms with E-state index in [9.17, 15) is 14.4 Å². The molecular weight excluding hydrogens is 478 g/mol. The highest BCUT2D eigenvalue weighted by Crippen LogP contribution is 2.29. The molecule has 1 aliphatic rings. The molecule has 4 heterocycles. The minimum Gasteiger partial charge on any atom is -0.467 e. The number of rotatable bonds is 5. The largest absolute Gasteiger partial charge is 0.467 e. The molecule has 5 aromatic rings. The van der Waals surface area contributed by atoms with Gasteiger partial charge in [-0.25, -0.2) is 4.52 Å². The van der Waals surface area contributed by atoms with Crippen molar-refractivity contribution in [2.45, 2.75) is 20.4 Å². The maximum absolute atomic E-state index is 13.0. The number of nitrogens with one attached hydrogen (secondary N) is 1. The van der Waals surface area contributed by atoms with Gasteiger partial charge in [0, 0.05) is 16.5 Å². The molecule has 1 aliphatic heterocycles. The molecule has 2 aromatic carbocycles. The van der Waals surface area contributed by atoms with Crippen LogP contribution in [0.4, 0.5) is 5.95 Å². The fourth-order valence-corrected chi connectivity index (χ4v) is 5.15. The highest BCUT2D eigenvalue weighted by Gasteiger charge is 2.36. The number of anilines is 1. The minimum absolute atomic E-state index is 0.0268. The molecule has 0 aliphatic carbocycles. The number of carbonyl (C=O) groups excluding carboxylic acids is 3. The van der Waals surface area contributed by atoms with Gasteiger partial charge >= 0.3 is 0 Å². The first-order valence-electron chi connectivity index (χ1n) is 11.1. The second kappa shape index (κ2) is 8.28. The van der Waals surface area contributed by atoms with Crippen LogP contribution in [0.3, 0.4) is 0 Å². The Balaban J connectivity index is 1.24. The fraction of sp³-hybridized carbons (Fsp3) is 0.115. The van der Waals surface area contributed by atoms with E-state index in [1.807, 2.05) is 31.4 Å². The number of aryl methyl sites for hydroxylation is 2. The van der Waals surface area contributed by atoms with Crippen LogP contribution in [0.25, 0.3) is 16.2 Å². The molecule has 1 N–H and O–H groups in total. The summed E-state index contributed by atoms with van der Waals surface area (Å²) in [5, 5.41) is 9.16. The Morgan fingerprint density at radius 2 is 1.83 bits per heavy atom. The zero-order valence-electron chi connectivity index (χ0n) is 19.3. The zero-order valence-corrected chi connectivity index (χ0v) is 20.1. The molecule has 6 rings (SSSR count). The normalized spacial score (nSPS) is 13.0. The Bertz CT molecular complexity index is 1680. The number of aromatic nitrogens is 3. The van der Waals surface area contributed by atoms with Gasteiger partial charge in [-0.1, -0.05) is 23.8 Å². The molecular formula is C26H19N5O4S. The molecule has 0 bridgehead atoms. The van der Waals surface area contributed by atoms with E-state index in [1.54, 1.807) is 16.6 Å². The molecule has 3 aromatic heterocycles. The van der Waals surface area contributed by atoms with Crippen LogP contribution in [-0.4, -0.2) is 37.2 Å². The number of imide groups is 1. The Labute approximate surface area is 209 Å². The summed E-state index contributed by atoms with van der Waals surface area (Å²) >= 11 is 1.43. The van der Waals surface area contributed by atoms with Crippen molar-refractivity contribution < 1.29 is 18.8 Å². The second-order valence-corrected chi connectivity index (χ2v) is 9.40. The van der Waals surface area contributed by atoms with Crippen LogP contribution < -0.4 is 5.32 Å². The van der Waals surface area contributed by atoms with Crippen molar-refractivity contribution in [2.24, 2.45) is 0 Å². The van der Waals surface area contributed by atoms with Gasteiger partial charge in [0.25, 0.3) is 23.7 Å². The number of hydrogen-bond acceptors (Lipinski definition) is 7. The molecule has 10 heteroatoms. The number of fused-ring (bicyclic) bond motifs is 2. The van der Waals surface area contributed by atoms with E-state index < -0.39 is 17.7 Å². The smallest absolute Gasteiger partial charge is 0.261 e. The van der Waals surface area contributed by atoms with E-state index in [0.717, 1.165) is 21.7 Å². The maximum Gasteiger partial charge on any atom is 0.261 e. The number of hydrogen-bond donors (Lipinski definition) is 1. The topological polar surface area (TPSA) is 110 Å². The molecule has 0 atom stereocenters. The van der Waals surface area contributed by atoms with Crippen molar-refractivity contribution in [2.75, 3.05) is 5.32 Å². The Morgan fingerprint density at radius 1 is 1.03 bits per heavy atom. The molecule has 3 amide bonds. The highest BCUT2D eigenvalue weighted by molar-refractivity contribution is 7.15. The van der Waals surface area contributed by atoms with E-state index in [0.29, 0.717) is 10.7 Å². The van der Waals surface area contributed by atoms with Gasteiger partial charge in [0.15, 0.2) is 0 Å². The van der Waals surface area contributed by atoms with Gasteiger partial charge < -0.3 is 4.42 Å². The third-order valence-corrected chi connectivity index (χ3v) is 6.91. The maximum atomic E-state index is 13.0. The first-order chi connectivity index (χ1) is 17.4. The predicted molar refractivity (Wildman–Crippen MR) is 133 cm³/mol. The van der Waals surface area contributed by atoms with Crippen LogP contribution in [0.5, 0.6) is 0 Å². The van der Waals surface area contributed by atoms with Gasteiger partial charge in [0.2, 0.25) is 4.96 Å². The van der Waals surface area contributed by atoms with E-state index in [-0.39, 0.29) is 29.2 Å². The number of thiazole rings is 1. The molecule has 0 radical (unpaired) electrons. The molecule has 0 unspecified atom stereocenters. The quantitative estimate of drug-likeness (QED) is 0.352. The van der Waals surface area contributed by atoms with Crippen LogP contribution in [0.2, 0.25) is 0 Å². The van der Waals surface area contributed by atoms with Crippen molar-refractivity contribution in [1.29, 1.82) is 0 Å². The summed E-state index contributed by atoms with van der Waals surface area (Å²) in [6.07, 6.45) is 1.48. The molecule has 0 saturated carbocycles. The van der Waals surface area contributed by atoms with Gasteiger partial charge in [-0.15, -0.1) is 16.4 Å². The third-order valence-electron chi connectivity index (χ3n) is 6.09. The van der Waals surface area contributed by atoms with Crippen LogP contribution >= 0.6 is 11.3 Å². The van der Waals surface area contributed by atoms with Crippen LogP contribution in [-0.2, 0) is 6.54 Å². The Hall–Kier alpha value is -4.57. The summed E-state index contributed by atoms with van der Waals surface area (Å²) in [7, 11) is 0. The van der Waals surface area contributed by atoms with E-state index in [2.05, 4.69) is 21.5 Å². The summed E-state index contributed by atoms with van der Waals surface area (Å²) in [4.78, 5) is 44.7. The molecule has 0 saturated heterocycles. The third kappa shape index (κ3) is 3.59. The van der Waals surface area contributed by atoms with Crippen molar-refractivity contribution in [3.05, 3.63) is 93.8 Å². The monoisotopic (exact) mass is 497 g/mol. The van der Waals surface area contributed by atoms with Gasteiger partial charge in [0.1, 0.15) is 5.76 Å². The van der Waals surface area contributed by atoms with Crippen molar-refractivity contribution >= 4 is 40.0 Å². The summed E-state index contributed by atoms with van der Waals surface area (Å²) in [5.74, 6) is -0.726. The fourth-order valence-electron chi connectivity index (χ4n) is 4.33. The minimum atomic E-state index is -0.478. The SMILES string of the molecule is Cc1ccc(-c2csc3nc(NC(=O)c4ccc5c(c4)C(=O)N(Cc4ccco4)C5=O)nn23)c(C)c1. The van der Waals surface area contributed by atoms with Gasteiger partial charge in [-0.05, 0) is 49.7 Å².